The zero-order valence-electron chi connectivity index (χ0n) is 8.31. The number of hydrogen-bond donors (Lipinski definition) is 2. The van der Waals surface area contributed by atoms with Gasteiger partial charge in [0, 0.05) is 24.8 Å². The molecule has 0 saturated carbocycles. The van der Waals surface area contributed by atoms with Crippen molar-refractivity contribution in [2.24, 2.45) is 0 Å². The van der Waals surface area contributed by atoms with E-state index in [-0.39, 0.29) is 11.3 Å². The first-order valence-corrected chi connectivity index (χ1v) is 5.00. The van der Waals surface area contributed by atoms with E-state index in [0.717, 1.165) is 31.6 Å². The van der Waals surface area contributed by atoms with Gasteiger partial charge in [-0.3, -0.25) is 0 Å². The molecular weight excluding hydrogens is 194 g/mol. The van der Waals surface area contributed by atoms with Crippen molar-refractivity contribution in [2.45, 2.75) is 12.8 Å². The van der Waals surface area contributed by atoms with E-state index in [9.17, 15) is 9.90 Å². The van der Waals surface area contributed by atoms with Gasteiger partial charge in [-0.2, -0.15) is 0 Å². The van der Waals surface area contributed by atoms with Gasteiger partial charge < -0.3 is 15.1 Å². The number of nitrogens with zero attached hydrogens (tertiary/aromatic N) is 1. The molecule has 15 heavy (non-hydrogen) atoms. The highest BCUT2D eigenvalue weighted by molar-refractivity contribution is 5.91. The van der Waals surface area contributed by atoms with Crippen LogP contribution in [0, 0.1) is 0 Å². The van der Waals surface area contributed by atoms with Gasteiger partial charge in [0.25, 0.3) is 0 Å². The summed E-state index contributed by atoms with van der Waals surface area (Å²) in [6.45, 7) is 1.96. The van der Waals surface area contributed by atoms with E-state index < -0.39 is 5.97 Å². The monoisotopic (exact) mass is 207 g/mol. The van der Waals surface area contributed by atoms with Crippen molar-refractivity contribution in [3.05, 3.63) is 23.8 Å². The molecule has 4 nitrogen and oxygen atoms in total. The van der Waals surface area contributed by atoms with Crippen LogP contribution in [0.3, 0.4) is 0 Å². The Balaban J connectivity index is 2.28. The fraction of sp³-hybridized carbons (Fsp3) is 0.364. The zero-order chi connectivity index (χ0) is 10.8. The Hall–Kier alpha value is -1.71. The van der Waals surface area contributed by atoms with Gasteiger partial charge in [0.15, 0.2) is 0 Å². The Morgan fingerprint density at radius 3 is 2.47 bits per heavy atom. The second-order valence-corrected chi connectivity index (χ2v) is 3.70. The van der Waals surface area contributed by atoms with Crippen molar-refractivity contribution in [2.75, 3.05) is 18.0 Å². The van der Waals surface area contributed by atoms with Gasteiger partial charge in [-0.1, -0.05) is 0 Å². The van der Waals surface area contributed by atoms with Gasteiger partial charge in [-0.25, -0.2) is 4.79 Å². The quantitative estimate of drug-likeness (QED) is 0.774. The summed E-state index contributed by atoms with van der Waals surface area (Å²) in [4.78, 5) is 12.8. The van der Waals surface area contributed by atoms with E-state index in [0.29, 0.717) is 0 Å². The molecule has 2 rings (SSSR count). The molecule has 0 atom stereocenters. The first kappa shape index (κ1) is 9.83. The largest absolute Gasteiger partial charge is 0.507 e. The second kappa shape index (κ2) is 3.81. The molecule has 0 aliphatic carbocycles. The van der Waals surface area contributed by atoms with Crippen LogP contribution in [0.5, 0.6) is 5.75 Å². The summed E-state index contributed by atoms with van der Waals surface area (Å²) in [5, 5.41) is 18.3. The Kier molecular flexibility index (Phi) is 2.49. The van der Waals surface area contributed by atoms with Gasteiger partial charge in [-0.05, 0) is 25.0 Å². The number of carbonyl (C=O) groups is 1. The molecule has 4 heteroatoms. The molecule has 2 N–H and O–H groups in total. The molecular formula is C11H13NO3. The van der Waals surface area contributed by atoms with Crippen LogP contribution in [0.4, 0.5) is 5.69 Å². The lowest BCUT2D eigenvalue weighted by Gasteiger charge is -2.17. The lowest BCUT2D eigenvalue weighted by Crippen LogP contribution is -2.17. The van der Waals surface area contributed by atoms with Crippen molar-refractivity contribution in [3.63, 3.8) is 0 Å². The van der Waals surface area contributed by atoms with E-state index in [4.69, 9.17) is 5.11 Å². The molecule has 1 aromatic carbocycles. The fourth-order valence-electron chi connectivity index (χ4n) is 1.87. The molecule has 0 radical (unpaired) electrons. The van der Waals surface area contributed by atoms with Crippen LogP contribution in [0.15, 0.2) is 18.2 Å². The number of phenols is 1. The summed E-state index contributed by atoms with van der Waals surface area (Å²) >= 11 is 0. The summed E-state index contributed by atoms with van der Waals surface area (Å²) in [7, 11) is 0. The normalized spacial score (nSPS) is 15.6. The van der Waals surface area contributed by atoms with E-state index in [2.05, 4.69) is 4.90 Å². The summed E-state index contributed by atoms with van der Waals surface area (Å²) < 4.78 is 0. The molecule has 0 bridgehead atoms. The van der Waals surface area contributed by atoms with Crippen LogP contribution >= 0.6 is 0 Å². The van der Waals surface area contributed by atoms with Crippen LogP contribution in [0.25, 0.3) is 0 Å². The molecule has 1 aromatic rings. The Bertz CT molecular complexity index is 383. The first-order chi connectivity index (χ1) is 7.18. The van der Waals surface area contributed by atoms with E-state index in [1.54, 1.807) is 6.07 Å². The number of carboxylic acids is 1. The van der Waals surface area contributed by atoms with Crippen molar-refractivity contribution in [1.29, 1.82) is 0 Å². The third kappa shape index (κ3) is 1.88. The Morgan fingerprint density at radius 1 is 1.27 bits per heavy atom. The third-order valence-electron chi connectivity index (χ3n) is 2.68. The Morgan fingerprint density at radius 2 is 1.93 bits per heavy atom. The fourth-order valence-corrected chi connectivity index (χ4v) is 1.87. The molecule has 1 heterocycles. The maximum atomic E-state index is 10.7. The van der Waals surface area contributed by atoms with Crippen LogP contribution in [0.2, 0.25) is 0 Å². The number of aromatic hydroxyl groups is 1. The summed E-state index contributed by atoms with van der Waals surface area (Å²) in [5.74, 6) is -1.26. The maximum Gasteiger partial charge on any atom is 0.339 e. The van der Waals surface area contributed by atoms with E-state index in [1.807, 2.05) is 0 Å². The predicted octanol–water partition coefficient (Wildman–Crippen LogP) is 1.69. The number of hydrogen-bond acceptors (Lipinski definition) is 3. The van der Waals surface area contributed by atoms with Gasteiger partial charge in [0.05, 0.1) is 0 Å². The van der Waals surface area contributed by atoms with Crippen LogP contribution in [-0.2, 0) is 0 Å². The molecule has 0 aromatic heterocycles. The standard InChI is InChI=1S/C11H13NO3/c13-10-7-8(12-5-1-2-6-12)3-4-9(10)11(14)15/h3-4,7,13H,1-2,5-6H2,(H,14,15). The SMILES string of the molecule is O=C(O)c1ccc(N2CCCC2)cc1O. The minimum absolute atomic E-state index is 0.0436. The van der Waals surface area contributed by atoms with Crippen molar-refractivity contribution in [3.8, 4) is 5.75 Å². The molecule has 0 amide bonds. The topological polar surface area (TPSA) is 60.8 Å². The second-order valence-electron chi connectivity index (χ2n) is 3.70. The summed E-state index contributed by atoms with van der Waals surface area (Å²) in [5.41, 5.74) is 0.855. The lowest BCUT2D eigenvalue weighted by atomic mass is 10.1. The van der Waals surface area contributed by atoms with Gasteiger partial charge in [-0.15, -0.1) is 0 Å². The first-order valence-electron chi connectivity index (χ1n) is 5.00. The minimum Gasteiger partial charge on any atom is -0.507 e. The van der Waals surface area contributed by atoms with Crippen LogP contribution < -0.4 is 4.90 Å². The van der Waals surface area contributed by atoms with Crippen molar-refractivity contribution < 1.29 is 15.0 Å². The number of rotatable bonds is 2. The van der Waals surface area contributed by atoms with Crippen molar-refractivity contribution in [1.82, 2.24) is 0 Å². The molecule has 0 spiro atoms. The van der Waals surface area contributed by atoms with E-state index >= 15 is 0 Å². The van der Waals surface area contributed by atoms with Gasteiger partial charge in [0.1, 0.15) is 11.3 Å². The third-order valence-corrected chi connectivity index (χ3v) is 2.68. The summed E-state index contributed by atoms with van der Waals surface area (Å²) in [6.07, 6.45) is 2.31. The van der Waals surface area contributed by atoms with Crippen LogP contribution in [-0.4, -0.2) is 29.3 Å². The number of benzene rings is 1. The highest BCUT2D eigenvalue weighted by atomic mass is 16.4. The lowest BCUT2D eigenvalue weighted by molar-refractivity contribution is 0.0694. The number of anilines is 1. The zero-order valence-corrected chi connectivity index (χ0v) is 8.31. The predicted molar refractivity (Wildman–Crippen MR) is 56.5 cm³/mol. The number of carboxylic acid groups (broad SMARTS) is 1. The molecule has 1 aliphatic heterocycles. The van der Waals surface area contributed by atoms with E-state index in [1.165, 1.54) is 12.1 Å². The average Bonchev–Trinajstić information content (AvgIpc) is 2.69. The minimum atomic E-state index is -1.10. The van der Waals surface area contributed by atoms with Crippen LogP contribution in [0.1, 0.15) is 23.2 Å². The highest BCUT2D eigenvalue weighted by Gasteiger charge is 2.15. The smallest absolute Gasteiger partial charge is 0.339 e. The molecule has 1 aliphatic rings. The average molecular weight is 207 g/mol. The molecule has 0 unspecified atom stereocenters. The number of aromatic carboxylic acids is 1. The van der Waals surface area contributed by atoms with Gasteiger partial charge in [0.2, 0.25) is 0 Å². The summed E-state index contributed by atoms with van der Waals surface area (Å²) in [6, 6.07) is 4.72. The maximum absolute atomic E-state index is 10.7. The highest BCUT2D eigenvalue weighted by Crippen LogP contribution is 2.26. The molecule has 1 saturated heterocycles. The Labute approximate surface area is 87.8 Å². The van der Waals surface area contributed by atoms with Gasteiger partial charge >= 0.3 is 5.97 Å². The molecule has 1 fully saturated rings. The molecule has 80 valence electrons. The van der Waals surface area contributed by atoms with Crippen molar-refractivity contribution >= 4 is 11.7 Å².